The van der Waals surface area contributed by atoms with Gasteiger partial charge in [0.05, 0.1) is 52.7 Å². The number of hydrogen-bond acceptors (Lipinski definition) is 8. The van der Waals surface area contributed by atoms with Crippen LogP contribution in [0.15, 0.2) is 34.4 Å². The molecule has 2 fully saturated rings. The number of primary amides is 1. The zero-order chi connectivity index (χ0) is 29.5. The summed E-state index contributed by atoms with van der Waals surface area (Å²) in [5, 5.41) is 4.24. The Labute approximate surface area is 240 Å². The van der Waals surface area contributed by atoms with Crippen LogP contribution in [0.3, 0.4) is 0 Å². The average Bonchev–Trinajstić information content (AvgIpc) is 3.25. The molecular formula is C27H37N9O4S. The predicted octanol–water partition coefficient (Wildman–Crippen LogP) is 1.45. The molecule has 1 saturated carbocycles. The number of hydrogen-bond donors (Lipinski definition) is 2. The van der Waals surface area contributed by atoms with E-state index in [0.717, 1.165) is 18.4 Å². The number of piperazine rings is 1. The molecule has 1 atom stereocenters. The fourth-order valence-electron chi connectivity index (χ4n) is 6.07. The first-order valence-electron chi connectivity index (χ1n) is 13.9. The first-order valence-corrected chi connectivity index (χ1v) is 15.3. The summed E-state index contributed by atoms with van der Waals surface area (Å²) in [6.45, 7) is 9.71. The van der Waals surface area contributed by atoms with Crippen molar-refractivity contribution in [1.29, 1.82) is 0 Å². The largest absolute Gasteiger partial charge is 0.366 e. The molecule has 3 amide bonds. The fourth-order valence-corrected chi connectivity index (χ4v) is 7.58. The van der Waals surface area contributed by atoms with Crippen molar-refractivity contribution in [2.75, 3.05) is 36.0 Å². The summed E-state index contributed by atoms with van der Waals surface area (Å²) < 4.78 is 31.9. The number of aliphatic imine (C=N–C) groups is 1. The Balaban J connectivity index is 1.50. The van der Waals surface area contributed by atoms with Crippen molar-refractivity contribution in [2.45, 2.75) is 69.1 Å². The minimum absolute atomic E-state index is 0.0384. The highest BCUT2D eigenvalue weighted by atomic mass is 32.2. The number of nitrogens with one attached hydrogen (secondary N) is 1. The monoisotopic (exact) mass is 583 g/mol. The highest BCUT2D eigenvalue weighted by Crippen LogP contribution is 2.44. The van der Waals surface area contributed by atoms with E-state index in [2.05, 4.69) is 14.7 Å². The summed E-state index contributed by atoms with van der Waals surface area (Å²) in [6, 6.07) is 2.60. The smallest absolute Gasteiger partial charge is 0.315 e. The van der Waals surface area contributed by atoms with Gasteiger partial charge in [0.2, 0.25) is 16.0 Å². The van der Waals surface area contributed by atoms with Gasteiger partial charge in [-0.25, -0.2) is 17.9 Å². The molecule has 41 heavy (non-hydrogen) atoms. The van der Waals surface area contributed by atoms with Gasteiger partial charge in [-0.3, -0.25) is 19.4 Å². The van der Waals surface area contributed by atoms with Gasteiger partial charge < -0.3 is 20.4 Å². The van der Waals surface area contributed by atoms with Crippen LogP contribution in [0, 0.1) is 0 Å². The summed E-state index contributed by atoms with van der Waals surface area (Å²) >= 11 is 0. The van der Waals surface area contributed by atoms with E-state index in [1.807, 2.05) is 45.8 Å². The Morgan fingerprint density at radius 1 is 1.20 bits per heavy atom. The molecule has 3 aliphatic heterocycles. The number of aryl methyl sites for hydroxylation is 1. The number of amides is 3. The molecule has 1 aromatic heterocycles. The van der Waals surface area contributed by atoms with Gasteiger partial charge >= 0.3 is 6.03 Å². The molecule has 0 bridgehead atoms. The van der Waals surface area contributed by atoms with Crippen LogP contribution in [-0.2, 0) is 23.6 Å². The summed E-state index contributed by atoms with van der Waals surface area (Å²) in [5.41, 5.74) is 6.97. The topological polar surface area (TPSA) is 149 Å². The zero-order valence-corrected chi connectivity index (χ0v) is 24.9. The number of anilines is 2. The summed E-state index contributed by atoms with van der Waals surface area (Å²) in [6.07, 6.45) is 5.07. The minimum Gasteiger partial charge on any atom is -0.366 e. The van der Waals surface area contributed by atoms with Crippen LogP contribution in [-0.4, -0.2) is 89.2 Å². The number of carbonyl (C=O) groups excluding carboxylic acids is 2. The number of urea groups is 1. The van der Waals surface area contributed by atoms with Crippen molar-refractivity contribution >= 4 is 39.3 Å². The molecule has 6 rings (SSSR count). The molecule has 14 heteroatoms. The second-order valence-corrected chi connectivity index (χ2v) is 14.2. The normalized spacial score (nSPS) is 22.9. The van der Waals surface area contributed by atoms with E-state index in [1.165, 1.54) is 6.07 Å². The molecule has 0 radical (unpaired) electrons. The number of rotatable bonds is 6. The van der Waals surface area contributed by atoms with E-state index in [9.17, 15) is 18.0 Å². The second kappa shape index (κ2) is 9.18. The van der Waals surface area contributed by atoms with E-state index in [4.69, 9.17) is 10.7 Å². The van der Waals surface area contributed by atoms with E-state index in [-0.39, 0.29) is 23.4 Å². The van der Waals surface area contributed by atoms with Gasteiger partial charge in [-0.2, -0.15) is 5.10 Å². The summed E-state index contributed by atoms with van der Waals surface area (Å²) in [4.78, 5) is 38.5. The van der Waals surface area contributed by atoms with Gasteiger partial charge in [-0.15, -0.1) is 0 Å². The Kier molecular flexibility index (Phi) is 6.16. The Hall–Kier alpha value is -3.65. The highest BCUT2D eigenvalue weighted by molar-refractivity contribution is 7.89. The van der Waals surface area contributed by atoms with Gasteiger partial charge in [0.25, 0.3) is 5.91 Å². The fraction of sp³-hybridized carbons (Fsp3) is 0.556. The molecule has 220 valence electrons. The van der Waals surface area contributed by atoms with Crippen LogP contribution in [0.2, 0.25) is 0 Å². The van der Waals surface area contributed by atoms with Crippen molar-refractivity contribution in [3.05, 3.63) is 35.7 Å². The number of nitrogens with two attached hydrogens (primary N) is 1. The molecule has 1 aromatic carbocycles. The maximum Gasteiger partial charge on any atom is 0.315 e. The molecule has 13 nitrogen and oxygen atoms in total. The number of nitrogens with zero attached hydrogens (tertiary/aromatic N) is 7. The molecule has 0 unspecified atom stereocenters. The van der Waals surface area contributed by atoms with Gasteiger partial charge in [-0.05, 0) is 52.7 Å². The number of sulfonamides is 1. The van der Waals surface area contributed by atoms with Crippen molar-refractivity contribution < 1.29 is 18.0 Å². The molecule has 0 spiro atoms. The molecule has 1 saturated heterocycles. The first-order chi connectivity index (χ1) is 19.2. The zero-order valence-electron chi connectivity index (χ0n) is 24.1. The number of fused-ring (bicyclic) bond motifs is 3. The van der Waals surface area contributed by atoms with Crippen molar-refractivity contribution in [3.63, 3.8) is 0 Å². The molecule has 3 N–H and O–H groups in total. The number of guanidine groups is 1. The van der Waals surface area contributed by atoms with Gasteiger partial charge in [0.1, 0.15) is 0 Å². The predicted molar refractivity (Wildman–Crippen MR) is 154 cm³/mol. The van der Waals surface area contributed by atoms with Crippen molar-refractivity contribution in [2.24, 2.45) is 17.8 Å². The van der Waals surface area contributed by atoms with Gasteiger partial charge in [0.15, 0.2) is 0 Å². The molecule has 4 aliphatic rings. The lowest BCUT2D eigenvalue weighted by molar-refractivity contribution is 0.0833. The second-order valence-electron chi connectivity index (χ2n) is 12.5. The SMILES string of the molecule is C[C@@H]1CN=C2N(Cc3cnn(C)c3)C(=O)c3cc(S(=O)(=O)NC4(C)CC4)cc(N4CCN(C(N)=O)C(C)(C)C4)c3N21. The number of benzene rings is 1. The lowest BCUT2D eigenvalue weighted by atomic mass is 9.97. The van der Waals surface area contributed by atoms with Crippen LogP contribution >= 0.6 is 0 Å². The minimum atomic E-state index is -3.93. The summed E-state index contributed by atoms with van der Waals surface area (Å²) in [7, 11) is -2.12. The van der Waals surface area contributed by atoms with Gasteiger partial charge in [-0.1, -0.05) is 0 Å². The quantitative estimate of drug-likeness (QED) is 0.523. The molecule has 1 aliphatic carbocycles. The Bertz CT molecular complexity index is 1580. The lowest BCUT2D eigenvalue weighted by Gasteiger charge is -2.48. The van der Waals surface area contributed by atoms with E-state index in [0.29, 0.717) is 49.1 Å². The van der Waals surface area contributed by atoms with Crippen LogP contribution in [0.5, 0.6) is 0 Å². The molecule has 4 heterocycles. The highest BCUT2D eigenvalue weighted by Gasteiger charge is 2.46. The molecule has 2 aromatic rings. The summed E-state index contributed by atoms with van der Waals surface area (Å²) in [5.74, 6) is 0.216. The van der Waals surface area contributed by atoms with Crippen LogP contribution in [0.1, 0.15) is 56.5 Å². The standard InChI is InChI=1S/C27H37N9O4S/c1-17-12-29-25-34(15-18-13-30-32(5)14-18)23(37)20-10-19(41(39,40)31-27(4)6-7-27)11-21(22(20)36(17)25)33-8-9-35(24(28)38)26(2,3)16-33/h10-11,13-14,17,31H,6-9,12,15-16H2,1-5H3,(H2,28,38)/t17-/m1/s1. The lowest BCUT2D eigenvalue weighted by Crippen LogP contribution is -2.62. The Morgan fingerprint density at radius 2 is 1.93 bits per heavy atom. The van der Waals surface area contributed by atoms with Crippen LogP contribution in [0.4, 0.5) is 16.2 Å². The third-order valence-electron chi connectivity index (χ3n) is 8.47. The van der Waals surface area contributed by atoms with Crippen LogP contribution in [0.25, 0.3) is 0 Å². The number of carbonyl (C=O) groups is 2. The van der Waals surface area contributed by atoms with Crippen molar-refractivity contribution in [1.82, 2.24) is 24.3 Å². The third-order valence-corrected chi connectivity index (χ3v) is 10.1. The van der Waals surface area contributed by atoms with Gasteiger partial charge in [0, 0.05) is 44.0 Å². The van der Waals surface area contributed by atoms with Crippen molar-refractivity contribution in [3.8, 4) is 0 Å². The van der Waals surface area contributed by atoms with E-state index >= 15 is 0 Å². The molecular weight excluding hydrogens is 546 g/mol. The number of aromatic nitrogens is 2. The van der Waals surface area contributed by atoms with Crippen LogP contribution < -0.4 is 20.3 Å². The first kappa shape index (κ1) is 27.5. The van der Waals surface area contributed by atoms with E-state index in [1.54, 1.807) is 26.7 Å². The maximum absolute atomic E-state index is 14.2. The third kappa shape index (κ3) is 4.72. The maximum atomic E-state index is 14.2. The van der Waals surface area contributed by atoms with E-state index < -0.39 is 27.1 Å². The Morgan fingerprint density at radius 3 is 2.54 bits per heavy atom. The average molecular weight is 584 g/mol.